The van der Waals surface area contributed by atoms with Gasteiger partial charge < -0.3 is 20.1 Å². The first-order chi connectivity index (χ1) is 14.9. The van der Waals surface area contributed by atoms with Gasteiger partial charge in [-0.1, -0.05) is 13.0 Å². The number of hydrogen-bond acceptors (Lipinski definition) is 6. The van der Waals surface area contributed by atoms with Crippen LogP contribution in [-0.2, 0) is 24.3 Å². The molecule has 0 atom stereocenters. The van der Waals surface area contributed by atoms with Crippen molar-refractivity contribution in [3.8, 4) is 5.75 Å². The second kappa shape index (κ2) is 10.4. The van der Waals surface area contributed by atoms with E-state index in [-0.39, 0.29) is 17.4 Å². The number of nitrogens with one attached hydrogen (secondary N) is 2. The molecule has 0 saturated carbocycles. The van der Waals surface area contributed by atoms with Gasteiger partial charge in [0.2, 0.25) is 15.9 Å². The maximum absolute atomic E-state index is 12.6. The number of anilines is 2. The van der Waals surface area contributed by atoms with Crippen LogP contribution in [0.25, 0.3) is 0 Å². The second-order valence-electron chi connectivity index (χ2n) is 6.81. The summed E-state index contributed by atoms with van der Waals surface area (Å²) in [5.41, 5.74) is 1.04. The summed E-state index contributed by atoms with van der Waals surface area (Å²) in [4.78, 5) is 23.8. The molecule has 9 nitrogen and oxygen atoms in total. The van der Waals surface area contributed by atoms with E-state index in [1.54, 1.807) is 31.2 Å². The first-order valence-electron chi connectivity index (χ1n) is 9.89. The summed E-state index contributed by atoms with van der Waals surface area (Å²) in [6.07, 6.45) is 0.361. The molecule has 2 amide bonds. The van der Waals surface area contributed by atoms with Gasteiger partial charge in [0.15, 0.2) is 6.61 Å². The summed E-state index contributed by atoms with van der Waals surface area (Å²) < 4.78 is 37.3. The monoisotopic (exact) mass is 447 g/mol. The quantitative estimate of drug-likeness (QED) is 0.640. The predicted octanol–water partition coefficient (Wildman–Crippen LogP) is 2.07. The highest BCUT2D eigenvalue weighted by molar-refractivity contribution is 7.89. The van der Waals surface area contributed by atoms with Crippen molar-refractivity contribution in [1.82, 2.24) is 4.31 Å². The van der Waals surface area contributed by atoms with Gasteiger partial charge in [0, 0.05) is 37.0 Å². The minimum absolute atomic E-state index is 0.117. The Kier molecular flexibility index (Phi) is 7.61. The highest BCUT2D eigenvalue weighted by Gasteiger charge is 2.26. The predicted molar refractivity (Wildman–Crippen MR) is 116 cm³/mol. The fourth-order valence-electron chi connectivity index (χ4n) is 2.91. The zero-order chi connectivity index (χ0) is 22.3. The van der Waals surface area contributed by atoms with E-state index in [0.717, 1.165) is 0 Å². The Bertz CT molecular complexity index is 1020. The molecule has 31 heavy (non-hydrogen) atoms. The number of sulfonamides is 1. The molecular formula is C21H25N3O6S. The van der Waals surface area contributed by atoms with Gasteiger partial charge in [-0.2, -0.15) is 4.31 Å². The van der Waals surface area contributed by atoms with Crippen molar-refractivity contribution in [2.75, 3.05) is 43.5 Å². The molecule has 1 aliphatic rings. The van der Waals surface area contributed by atoms with Gasteiger partial charge in [0.1, 0.15) is 5.75 Å². The number of ether oxygens (including phenoxy) is 2. The Labute approximate surface area is 181 Å². The lowest BCUT2D eigenvalue weighted by atomic mass is 10.3. The maximum atomic E-state index is 12.6. The van der Waals surface area contributed by atoms with Gasteiger partial charge in [-0.05, 0) is 36.4 Å². The molecular weight excluding hydrogens is 422 g/mol. The lowest BCUT2D eigenvalue weighted by Crippen LogP contribution is -2.40. The number of nitrogens with zero attached hydrogens (tertiary/aromatic N) is 1. The van der Waals surface area contributed by atoms with Gasteiger partial charge in [-0.3, -0.25) is 9.59 Å². The van der Waals surface area contributed by atoms with Crippen LogP contribution in [0.4, 0.5) is 11.4 Å². The van der Waals surface area contributed by atoms with E-state index in [0.29, 0.717) is 49.8 Å². The van der Waals surface area contributed by atoms with Crippen LogP contribution in [0.15, 0.2) is 53.4 Å². The molecule has 10 heteroatoms. The van der Waals surface area contributed by atoms with Crippen molar-refractivity contribution in [3.63, 3.8) is 0 Å². The molecule has 166 valence electrons. The van der Waals surface area contributed by atoms with E-state index < -0.39 is 15.9 Å². The van der Waals surface area contributed by atoms with Gasteiger partial charge in [0.05, 0.1) is 18.1 Å². The van der Waals surface area contributed by atoms with E-state index in [2.05, 4.69) is 10.6 Å². The van der Waals surface area contributed by atoms with Crippen LogP contribution in [0.2, 0.25) is 0 Å². The molecule has 0 spiro atoms. The molecule has 2 aromatic rings. The molecule has 2 N–H and O–H groups in total. The van der Waals surface area contributed by atoms with E-state index in [4.69, 9.17) is 9.47 Å². The Morgan fingerprint density at radius 1 is 1.00 bits per heavy atom. The molecule has 2 aromatic carbocycles. The Morgan fingerprint density at radius 2 is 1.68 bits per heavy atom. The zero-order valence-electron chi connectivity index (χ0n) is 17.2. The number of carbonyl (C=O) groups is 2. The topological polar surface area (TPSA) is 114 Å². The number of hydrogen-bond donors (Lipinski definition) is 2. The number of benzene rings is 2. The summed E-state index contributed by atoms with van der Waals surface area (Å²) in [5, 5.41) is 5.39. The smallest absolute Gasteiger partial charge is 0.262 e. The zero-order valence-corrected chi connectivity index (χ0v) is 18.0. The summed E-state index contributed by atoms with van der Waals surface area (Å²) in [6.45, 7) is 2.91. The van der Waals surface area contributed by atoms with Crippen molar-refractivity contribution < 1.29 is 27.5 Å². The Hall–Kier alpha value is -2.95. The summed E-state index contributed by atoms with van der Waals surface area (Å²) in [6, 6.07) is 12.7. The minimum atomic E-state index is -3.58. The fraction of sp³-hybridized carbons (Fsp3) is 0.333. The van der Waals surface area contributed by atoms with E-state index in [1.165, 1.54) is 28.6 Å². The lowest BCUT2D eigenvalue weighted by molar-refractivity contribution is -0.118. The van der Waals surface area contributed by atoms with E-state index in [1.807, 2.05) is 0 Å². The van der Waals surface area contributed by atoms with Crippen LogP contribution >= 0.6 is 0 Å². The number of amides is 2. The van der Waals surface area contributed by atoms with Crippen molar-refractivity contribution >= 4 is 33.2 Å². The molecule has 1 saturated heterocycles. The van der Waals surface area contributed by atoms with Crippen LogP contribution < -0.4 is 15.4 Å². The maximum Gasteiger partial charge on any atom is 0.262 e. The van der Waals surface area contributed by atoms with Crippen LogP contribution in [-0.4, -0.2) is 57.4 Å². The third-order valence-corrected chi connectivity index (χ3v) is 6.47. The molecule has 1 heterocycles. The second-order valence-corrected chi connectivity index (χ2v) is 8.75. The first-order valence-corrected chi connectivity index (χ1v) is 11.3. The number of morpholine rings is 1. The first kappa shape index (κ1) is 22.7. The van der Waals surface area contributed by atoms with Crippen molar-refractivity contribution in [1.29, 1.82) is 0 Å². The van der Waals surface area contributed by atoms with Gasteiger partial charge in [-0.15, -0.1) is 0 Å². The molecule has 3 rings (SSSR count). The summed E-state index contributed by atoms with van der Waals surface area (Å²) in [7, 11) is -3.58. The molecule has 0 radical (unpaired) electrons. The summed E-state index contributed by atoms with van der Waals surface area (Å²) in [5.74, 6) is -0.0724. The van der Waals surface area contributed by atoms with Crippen LogP contribution in [0, 0.1) is 0 Å². The number of carbonyl (C=O) groups excluding carboxylic acids is 2. The largest absolute Gasteiger partial charge is 0.484 e. The standard InChI is InChI=1S/C21H25N3O6S/c1-2-20(25)23-17-4-3-5-18(14-17)30-15-21(26)22-16-6-8-19(9-7-16)31(27,28)24-10-12-29-13-11-24/h3-9,14H,2,10-13,15H2,1H3,(H,22,26)(H,23,25). The third-order valence-electron chi connectivity index (χ3n) is 4.55. The van der Waals surface area contributed by atoms with Crippen LogP contribution in [0.5, 0.6) is 5.75 Å². The fourth-order valence-corrected chi connectivity index (χ4v) is 4.31. The van der Waals surface area contributed by atoms with E-state index in [9.17, 15) is 18.0 Å². The van der Waals surface area contributed by atoms with E-state index >= 15 is 0 Å². The highest BCUT2D eigenvalue weighted by Crippen LogP contribution is 2.20. The third kappa shape index (κ3) is 6.27. The Morgan fingerprint density at radius 3 is 2.35 bits per heavy atom. The van der Waals surface area contributed by atoms with Crippen molar-refractivity contribution in [2.45, 2.75) is 18.2 Å². The lowest BCUT2D eigenvalue weighted by Gasteiger charge is -2.26. The summed E-state index contributed by atoms with van der Waals surface area (Å²) >= 11 is 0. The van der Waals surface area contributed by atoms with Crippen LogP contribution in [0.3, 0.4) is 0 Å². The molecule has 1 aliphatic heterocycles. The molecule has 1 fully saturated rings. The normalized spacial score (nSPS) is 14.6. The number of rotatable bonds is 8. The van der Waals surface area contributed by atoms with Crippen molar-refractivity contribution in [2.24, 2.45) is 0 Å². The average Bonchev–Trinajstić information content (AvgIpc) is 2.79. The average molecular weight is 448 g/mol. The minimum Gasteiger partial charge on any atom is -0.484 e. The SMILES string of the molecule is CCC(=O)Nc1cccc(OCC(=O)Nc2ccc(S(=O)(=O)N3CCOCC3)cc2)c1. The van der Waals surface area contributed by atoms with Crippen LogP contribution in [0.1, 0.15) is 13.3 Å². The Balaban J connectivity index is 1.54. The molecule has 0 aromatic heterocycles. The van der Waals surface area contributed by atoms with Crippen molar-refractivity contribution in [3.05, 3.63) is 48.5 Å². The molecule has 0 bridgehead atoms. The highest BCUT2D eigenvalue weighted by atomic mass is 32.2. The molecule has 0 aliphatic carbocycles. The van der Waals surface area contributed by atoms with Gasteiger partial charge >= 0.3 is 0 Å². The van der Waals surface area contributed by atoms with Gasteiger partial charge in [-0.25, -0.2) is 8.42 Å². The molecule has 0 unspecified atom stereocenters. The van der Waals surface area contributed by atoms with Gasteiger partial charge in [0.25, 0.3) is 5.91 Å².